The van der Waals surface area contributed by atoms with Crippen LogP contribution in [-0.4, -0.2) is 82.2 Å². The molecule has 2 aliphatic heterocycles. The number of piperazine rings is 1. The molecule has 4 rings (SSSR count). The Kier molecular flexibility index (Phi) is 9.22. The molecule has 0 spiro atoms. The predicted octanol–water partition coefficient (Wildman–Crippen LogP) is 2.91. The fourth-order valence-corrected chi connectivity index (χ4v) is 6.30. The number of thiophene rings is 1. The zero-order valence-electron chi connectivity index (χ0n) is 20.8. The molecule has 1 aromatic carbocycles. The van der Waals surface area contributed by atoms with E-state index in [1.54, 1.807) is 29.0 Å². The summed E-state index contributed by atoms with van der Waals surface area (Å²) in [5.74, 6) is 0.462. The topological polar surface area (TPSA) is 135 Å². The lowest BCUT2D eigenvalue weighted by molar-refractivity contribution is -0.383. The smallest absolute Gasteiger partial charge is 0.409 e. The van der Waals surface area contributed by atoms with E-state index in [1.165, 1.54) is 12.1 Å². The van der Waals surface area contributed by atoms with Crippen LogP contribution in [0.25, 0.3) is 0 Å². The van der Waals surface area contributed by atoms with Crippen LogP contribution < -0.4 is 14.4 Å². The zero-order chi connectivity index (χ0) is 27.2. The quantitative estimate of drug-likeness (QED) is 0.265. The molecule has 2 aliphatic rings. The number of piperidine rings is 1. The van der Waals surface area contributed by atoms with Crippen LogP contribution in [0.3, 0.4) is 0 Å². The van der Waals surface area contributed by atoms with Gasteiger partial charge in [0, 0.05) is 50.7 Å². The molecule has 1 unspecified atom stereocenters. The Morgan fingerprint density at radius 3 is 2.68 bits per heavy atom. The lowest BCUT2D eigenvalue weighted by Crippen LogP contribution is -2.49. The highest BCUT2D eigenvalue weighted by Gasteiger charge is 2.30. The van der Waals surface area contributed by atoms with E-state index >= 15 is 0 Å². The van der Waals surface area contributed by atoms with Gasteiger partial charge < -0.3 is 19.3 Å². The van der Waals surface area contributed by atoms with Gasteiger partial charge in [0.1, 0.15) is 16.6 Å². The van der Waals surface area contributed by atoms with Crippen molar-refractivity contribution in [3.8, 4) is 5.75 Å². The van der Waals surface area contributed by atoms with E-state index < -0.39 is 21.9 Å². The van der Waals surface area contributed by atoms with Crippen LogP contribution in [0.15, 0.2) is 24.3 Å². The summed E-state index contributed by atoms with van der Waals surface area (Å²) in [5, 5.41) is 11.9. The Balaban J connectivity index is 1.26. The average molecular weight is 572 g/mol. The number of carbonyl (C=O) groups excluding carboxylic acids is 1. The van der Waals surface area contributed by atoms with Gasteiger partial charge in [-0.15, -0.1) is 0 Å². The maximum Gasteiger partial charge on any atom is 0.409 e. The highest BCUT2D eigenvalue weighted by molar-refractivity contribution is 7.74. The van der Waals surface area contributed by atoms with E-state index in [1.807, 2.05) is 0 Å². The summed E-state index contributed by atoms with van der Waals surface area (Å²) in [5.41, 5.74) is 0.386. The number of nitrogens with zero attached hydrogens (tertiary/aromatic N) is 4. The van der Waals surface area contributed by atoms with Gasteiger partial charge in [0.15, 0.2) is 5.00 Å². The molecule has 38 heavy (non-hydrogen) atoms. The molecular weight excluding hydrogens is 541 g/mol. The molecule has 0 saturated carbocycles. The summed E-state index contributed by atoms with van der Waals surface area (Å²) >= 11 is 0.984. The summed E-state index contributed by atoms with van der Waals surface area (Å²) in [6, 6.07) is 5.89. The number of nitrogens with one attached hydrogen (secondary N) is 1. The first-order valence-electron chi connectivity index (χ1n) is 12.1. The maximum absolute atomic E-state index is 14.2. The monoisotopic (exact) mass is 571 g/mol. The first kappa shape index (κ1) is 27.9. The lowest BCUT2D eigenvalue weighted by atomic mass is 9.98. The number of carbonyl (C=O) groups is 1. The Bertz CT molecular complexity index is 1220. The summed E-state index contributed by atoms with van der Waals surface area (Å²) in [6.07, 6.45) is 1.39. The van der Waals surface area contributed by atoms with E-state index in [9.17, 15) is 27.7 Å². The summed E-state index contributed by atoms with van der Waals surface area (Å²) in [7, 11) is -1.39. The number of hydrogen-bond donors (Lipinski definition) is 2. The van der Waals surface area contributed by atoms with Gasteiger partial charge >= 0.3 is 11.8 Å². The Morgan fingerprint density at radius 2 is 2.00 bits per heavy atom. The van der Waals surface area contributed by atoms with Crippen LogP contribution in [0, 0.1) is 21.8 Å². The lowest BCUT2D eigenvalue weighted by Gasteiger charge is -2.35. The summed E-state index contributed by atoms with van der Waals surface area (Å²) in [6.45, 7) is 3.56. The van der Waals surface area contributed by atoms with Gasteiger partial charge in [0.2, 0.25) is 10.9 Å². The molecule has 12 nitrogen and oxygen atoms in total. The molecule has 0 aliphatic carbocycles. The van der Waals surface area contributed by atoms with Gasteiger partial charge in [0.25, 0.3) is 0 Å². The van der Waals surface area contributed by atoms with Crippen molar-refractivity contribution in [1.29, 1.82) is 0 Å². The van der Waals surface area contributed by atoms with Crippen molar-refractivity contribution in [3.05, 3.63) is 45.8 Å². The molecule has 0 radical (unpaired) electrons. The Morgan fingerprint density at radius 1 is 1.24 bits per heavy atom. The number of benzene rings is 1. The number of methoxy groups -OCH3 is 1. The summed E-state index contributed by atoms with van der Waals surface area (Å²) < 4.78 is 49.1. The first-order chi connectivity index (χ1) is 18.2. The molecule has 1 N–H and O–H groups in total. The van der Waals surface area contributed by atoms with Crippen molar-refractivity contribution in [2.75, 3.05) is 62.6 Å². The molecule has 1 amide bonds. The number of halogens is 1. The molecule has 2 aromatic rings. The molecule has 2 fully saturated rings. The number of likely N-dealkylation sites (tertiary alicyclic amines) is 1. The van der Waals surface area contributed by atoms with Gasteiger partial charge in [0.05, 0.1) is 24.7 Å². The first-order valence-corrected chi connectivity index (χ1v) is 14.1. The van der Waals surface area contributed by atoms with Gasteiger partial charge in [-0.1, -0.05) is 11.3 Å². The van der Waals surface area contributed by atoms with E-state index in [0.29, 0.717) is 55.6 Å². The van der Waals surface area contributed by atoms with Crippen LogP contribution in [0.1, 0.15) is 18.4 Å². The zero-order valence-corrected chi connectivity index (χ0v) is 22.5. The molecule has 1 atom stereocenters. The third-order valence-corrected chi connectivity index (χ3v) is 8.28. The highest BCUT2D eigenvalue weighted by atomic mass is 32.2. The SMILES string of the molecule is COc1ccc(F)c(CN2CCCC(COC(=O)N3CCN(c4sc(N[SH](=O)=O)cc4[N+](=O)[O-])CC3)C2)c1. The third kappa shape index (κ3) is 7.02. The second-order valence-electron chi connectivity index (χ2n) is 9.18. The number of hydrogen-bond acceptors (Lipinski definition) is 10. The molecule has 15 heteroatoms. The fourth-order valence-electron chi connectivity index (χ4n) is 4.72. The predicted molar refractivity (Wildman–Crippen MR) is 141 cm³/mol. The van der Waals surface area contributed by atoms with Crippen LogP contribution in [0.5, 0.6) is 5.75 Å². The molecule has 1 aromatic heterocycles. The van der Waals surface area contributed by atoms with E-state index in [-0.39, 0.29) is 29.0 Å². The van der Waals surface area contributed by atoms with Crippen LogP contribution in [0.2, 0.25) is 0 Å². The normalized spacial score (nSPS) is 18.4. The van der Waals surface area contributed by atoms with Crippen molar-refractivity contribution in [2.45, 2.75) is 19.4 Å². The van der Waals surface area contributed by atoms with E-state index in [0.717, 1.165) is 30.7 Å². The van der Waals surface area contributed by atoms with Gasteiger partial charge in [-0.05, 0) is 37.6 Å². The number of anilines is 2. The third-order valence-electron chi connectivity index (χ3n) is 6.61. The Hall–Kier alpha value is -3.17. The van der Waals surface area contributed by atoms with Crippen molar-refractivity contribution in [1.82, 2.24) is 9.80 Å². The standard InChI is InChI=1S/C23H30FN5O7S2/c1-35-18-4-5-19(24)17(11-18)14-26-6-2-3-16(13-26)15-36-23(30)28-9-7-27(8-10-28)22-20(29(31)32)12-21(37-22)25-38(33)34/h4-5,11-12,16,38H,2-3,6-10,13-15H2,1H3,(H,25,33,34). The van der Waals surface area contributed by atoms with Crippen molar-refractivity contribution in [2.24, 2.45) is 5.92 Å². The number of thiol groups is 1. The number of nitro groups is 1. The summed E-state index contributed by atoms with van der Waals surface area (Å²) in [4.78, 5) is 29.1. The number of rotatable bonds is 9. The largest absolute Gasteiger partial charge is 0.497 e. The Labute approximate surface area is 225 Å². The minimum Gasteiger partial charge on any atom is -0.497 e. The molecule has 0 bridgehead atoms. The van der Waals surface area contributed by atoms with Crippen LogP contribution in [0.4, 0.5) is 24.9 Å². The van der Waals surface area contributed by atoms with E-state index in [2.05, 4.69) is 9.62 Å². The van der Waals surface area contributed by atoms with Crippen LogP contribution in [-0.2, 0) is 22.2 Å². The highest BCUT2D eigenvalue weighted by Crippen LogP contribution is 2.41. The van der Waals surface area contributed by atoms with E-state index in [4.69, 9.17) is 9.47 Å². The second kappa shape index (κ2) is 12.6. The molecule has 3 heterocycles. The molecule has 208 valence electrons. The minimum atomic E-state index is -2.93. The van der Waals surface area contributed by atoms with Gasteiger partial charge in [-0.25, -0.2) is 17.6 Å². The molecule has 2 saturated heterocycles. The van der Waals surface area contributed by atoms with Crippen molar-refractivity contribution < 1.29 is 32.0 Å². The minimum absolute atomic E-state index is 0.134. The average Bonchev–Trinajstić information content (AvgIpc) is 3.32. The molecular formula is C23H30FN5O7S2. The van der Waals surface area contributed by atoms with Crippen molar-refractivity contribution in [3.63, 3.8) is 0 Å². The van der Waals surface area contributed by atoms with Crippen molar-refractivity contribution >= 4 is 44.0 Å². The van der Waals surface area contributed by atoms with Crippen LogP contribution >= 0.6 is 11.3 Å². The van der Waals surface area contributed by atoms with Gasteiger partial charge in [-0.3, -0.25) is 19.7 Å². The number of amides is 1. The number of ether oxygens (including phenoxy) is 2. The fraction of sp³-hybridized carbons (Fsp3) is 0.522. The second-order valence-corrected chi connectivity index (χ2v) is 10.9. The van der Waals surface area contributed by atoms with Gasteiger partial charge in [-0.2, -0.15) is 0 Å². The maximum atomic E-state index is 14.2.